The van der Waals surface area contributed by atoms with Gasteiger partial charge in [0.15, 0.2) is 0 Å². The lowest BCUT2D eigenvalue weighted by atomic mass is 10.1. The number of rotatable bonds is 12. The SMILES string of the molecule is CC(=N)N1CCC(Oc2ccc(C(=O)N[C@@H](COc3cc(C(=N)N)ccc3/C=C/C(=O)O)CC(=O)O)cc2)CC1. The third-order valence-corrected chi connectivity index (χ3v) is 6.26. The predicted octanol–water partition coefficient (Wildman–Crippen LogP) is 2.56. The van der Waals surface area contributed by atoms with Crippen LogP contribution < -0.4 is 20.5 Å². The minimum Gasteiger partial charge on any atom is -0.491 e. The first kappa shape index (κ1) is 29.7. The number of carbonyl (C=O) groups excluding carboxylic acids is 1. The Morgan fingerprint density at radius 1 is 1.10 bits per heavy atom. The van der Waals surface area contributed by atoms with E-state index >= 15 is 0 Å². The number of likely N-dealkylation sites (tertiary alicyclic amines) is 1. The van der Waals surface area contributed by atoms with E-state index in [1.165, 1.54) is 24.3 Å². The molecule has 0 spiro atoms. The molecule has 12 heteroatoms. The van der Waals surface area contributed by atoms with Crippen molar-refractivity contribution in [2.45, 2.75) is 38.3 Å². The van der Waals surface area contributed by atoms with Crippen LogP contribution in [-0.2, 0) is 9.59 Å². The summed E-state index contributed by atoms with van der Waals surface area (Å²) in [6.45, 7) is 3.04. The van der Waals surface area contributed by atoms with E-state index in [1.54, 1.807) is 31.2 Å². The smallest absolute Gasteiger partial charge is 0.328 e. The van der Waals surface area contributed by atoms with Crippen molar-refractivity contribution in [1.29, 1.82) is 10.8 Å². The van der Waals surface area contributed by atoms with Gasteiger partial charge in [-0.05, 0) is 43.3 Å². The number of nitrogen functional groups attached to an aromatic ring is 1. The van der Waals surface area contributed by atoms with Crippen LogP contribution in [0.2, 0.25) is 0 Å². The molecule has 1 fully saturated rings. The number of ether oxygens (including phenoxy) is 2. The van der Waals surface area contributed by atoms with Gasteiger partial charge in [0, 0.05) is 48.7 Å². The first-order chi connectivity index (χ1) is 19.0. The number of amidine groups is 2. The number of nitrogens with zero attached hydrogens (tertiary/aromatic N) is 1. The van der Waals surface area contributed by atoms with Crippen LogP contribution in [0.3, 0.4) is 0 Å². The topological polar surface area (TPSA) is 199 Å². The van der Waals surface area contributed by atoms with Crippen molar-refractivity contribution in [2.24, 2.45) is 5.73 Å². The number of carboxylic acids is 2. The van der Waals surface area contributed by atoms with Gasteiger partial charge < -0.3 is 35.6 Å². The second-order valence-electron chi connectivity index (χ2n) is 9.33. The average Bonchev–Trinajstić information content (AvgIpc) is 2.91. The standard InChI is InChI=1S/C28H33N5O7/c1-17(29)33-12-10-23(11-13-33)40-22-7-4-19(5-8-22)28(38)32-21(15-26(36)37)16-39-24-14-20(27(30)31)3-2-18(24)6-9-25(34)35/h2-9,14,21,23,29H,10-13,15-16H2,1H3,(H3,30,31)(H,32,38)(H,34,35)(H,36,37)/b9-6+,29-17?/t21-/m1/s1. The number of amides is 1. The highest BCUT2D eigenvalue weighted by Gasteiger charge is 2.22. The molecule has 1 saturated heterocycles. The molecule has 1 heterocycles. The molecule has 1 aliphatic heterocycles. The number of benzene rings is 2. The van der Waals surface area contributed by atoms with Crippen molar-refractivity contribution in [3.05, 3.63) is 65.2 Å². The molecule has 40 heavy (non-hydrogen) atoms. The maximum Gasteiger partial charge on any atom is 0.328 e. The molecule has 7 N–H and O–H groups in total. The third kappa shape index (κ3) is 8.86. The van der Waals surface area contributed by atoms with E-state index in [9.17, 15) is 19.5 Å². The molecule has 1 aliphatic rings. The van der Waals surface area contributed by atoms with Gasteiger partial charge in [0.2, 0.25) is 0 Å². The lowest BCUT2D eigenvalue weighted by molar-refractivity contribution is -0.137. The van der Waals surface area contributed by atoms with E-state index in [2.05, 4.69) is 5.32 Å². The van der Waals surface area contributed by atoms with Gasteiger partial charge in [-0.2, -0.15) is 0 Å². The fourth-order valence-electron chi connectivity index (χ4n) is 4.13. The van der Waals surface area contributed by atoms with Crippen LogP contribution in [0.1, 0.15) is 47.7 Å². The first-order valence-electron chi connectivity index (χ1n) is 12.6. The fourth-order valence-corrected chi connectivity index (χ4v) is 4.13. The highest BCUT2D eigenvalue weighted by atomic mass is 16.5. The minimum atomic E-state index is -1.17. The van der Waals surface area contributed by atoms with Gasteiger partial charge in [-0.3, -0.25) is 20.4 Å². The molecule has 0 aliphatic carbocycles. The highest BCUT2D eigenvalue weighted by molar-refractivity contribution is 5.96. The van der Waals surface area contributed by atoms with Gasteiger partial charge >= 0.3 is 11.9 Å². The summed E-state index contributed by atoms with van der Waals surface area (Å²) in [6.07, 6.45) is 3.39. The third-order valence-electron chi connectivity index (χ3n) is 6.26. The Morgan fingerprint density at radius 3 is 2.33 bits per heavy atom. The number of nitrogens with two attached hydrogens (primary N) is 1. The molecule has 212 valence electrons. The minimum absolute atomic E-state index is 0.0177. The highest BCUT2D eigenvalue weighted by Crippen LogP contribution is 2.23. The fraction of sp³-hybridized carbons (Fsp3) is 0.321. The Bertz CT molecular complexity index is 1280. The number of aliphatic carboxylic acids is 2. The van der Waals surface area contributed by atoms with E-state index in [0.29, 0.717) is 28.3 Å². The Labute approximate surface area is 231 Å². The van der Waals surface area contributed by atoms with Crippen LogP contribution in [0.15, 0.2) is 48.5 Å². The lowest BCUT2D eigenvalue weighted by Gasteiger charge is -2.32. The molecular weight excluding hydrogens is 518 g/mol. The van der Waals surface area contributed by atoms with E-state index < -0.39 is 30.3 Å². The van der Waals surface area contributed by atoms with E-state index in [0.717, 1.165) is 32.0 Å². The van der Waals surface area contributed by atoms with Gasteiger partial charge in [0.25, 0.3) is 5.91 Å². The normalized spacial score (nSPS) is 14.4. The van der Waals surface area contributed by atoms with Crippen LogP contribution in [0, 0.1) is 10.8 Å². The summed E-state index contributed by atoms with van der Waals surface area (Å²) in [7, 11) is 0. The molecule has 0 radical (unpaired) electrons. The summed E-state index contributed by atoms with van der Waals surface area (Å²) >= 11 is 0. The quantitative estimate of drug-likeness (QED) is 0.130. The maximum absolute atomic E-state index is 12.9. The number of hydrogen-bond donors (Lipinski definition) is 6. The number of piperidine rings is 1. The van der Waals surface area contributed by atoms with E-state index in [-0.39, 0.29) is 24.3 Å². The average molecular weight is 552 g/mol. The summed E-state index contributed by atoms with van der Waals surface area (Å²) in [4.78, 5) is 37.3. The number of carbonyl (C=O) groups is 3. The zero-order chi connectivity index (χ0) is 29.2. The van der Waals surface area contributed by atoms with Crippen LogP contribution in [0.25, 0.3) is 6.08 Å². The second kappa shape index (κ2) is 13.8. The molecule has 1 atom stereocenters. The summed E-state index contributed by atoms with van der Waals surface area (Å²) in [5.41, 5.74) is 6.56. The Balaban J connectivity index is 1.64. The zero-order valence-electron chi connectivity index (χ0n) is 22.1. The van der Waals surface area contributed by atoms with Crippen molar-refractivity contribution < 1.29 is 34.1 Å². The lowest BCUT2D eigenvalue weighted by Crippen LogP contribution is -2.41. The van der Waals surface area contributed by atoms with Crippen LogP contribution in [-0.4, -0.2) is 76.5 Å². The van der Waals surface area contributed by atoms with Gasteiger partial charge in [0.1, 0.15) is 30.0 Å². The van der Waals surface area contributed by atoms with Crippen molar-refractivity contribution in [1.82, 2.24) is 10.2 Å². The van der Waals surface area contributed by atoms with E-state index in [1.807, 2.05) is 4.90 Å². The molecular formula is C28H33N5O7. The molecule has 12 nitrogen and oxygen atoms in total. The maximum atomic E-state index is 12.9. The molecule has 3 rings (SSSR count). The van der Waals surface area contributed by atoms with Gasteiger partial charge in [-0.25, -0.2) is 4.79 Å². The second-order valence-corrected chi connectivity index (χ2v) is 9.33. The Hall–Kier alpha value is -4.87. The van der Waals surface area contributed by atoms with Crippen LogP contribution in [0.5, 0.6) is 11.5 Å². The molecule has 2 aromatic carbocycles. The molecule has 0 unspecified atom stereocenters. The summed E-state index contributed by atoms with van der Waals surface area (Å²) in [6, 6.07) is 10.1. The van der Waals surface area contributed by atoms with Crippen LogP contribution in [0.4, 0.5) is 0 Å². The number of carboxylic acid groups (broad SMARTS) is 2. The molecule has 0 bridgehead atoms. The van der Waals surface area contributed by atoms with Crippen molar-refractivity contribution in [3.63, 3.8) is 0 Å². The van der Waals surface area contributed by atoms with Gasteiger partial charge in [-0.1, -0.05) is 12.1 Å². The van der Waals surface area contributed by atoms with Gasteiger partial charge in [0.05, 0.1) is 18.3 Å². The summed E-state index contributed by atoms with van der Waals surface area (Å²) in [5.74, 6) is -1.71. The predicted molar refractivity (Wildman–Crippen MR) is 148 cm³/mol. The van der Waals surface area contributed by atoms with Gasteiger partial charge in [-0.15, -0.1) is 0 Å². The largest absolute Gasteiger partial charge is 0.491 e. The monoisotopic (exact) mass is 551 g/mol. The summed E-state index contributed by atoms with van der Waals surface area (Å²) in [5, 5.41) is 36.3. The zero-order valence-corrected chi connectivity index (χ0v) is 22.1. The van der Waals surface area contributed by atoms with Crippen molar-refractivity contribution in [2.75, 3.05) is 19.7 Å². The summed E-state index contributed by atoms with van der Waals surface area (Å²) < 4.78 is 11.8. The van der Waals surface area contributed by atoms with Crippen molar-refractivity contribution >= 4 is 35.6 Å². The molecule has 1 amide bonds. The van der Waals surface area contributed by atoms with E-state index in [4.69, 9.17) is 31.1 Å². The van der Waals surface area contributed by atoms with Crippen LogP contribution >= 0.6 is 0 Å². The first-order valence-corrected chi connectivity index (χ1v) is 12.6. The van der Waals surface area contributed by atoms with Crippen molar-refractivity contribution in [3.8, 4) is 11.5 Å². The Kier molecular flexibility index (Phi) is 10.2. The number of hydrogen-bond acceptors (Lipinski definition) is 7. The molecule has 2 aromatic rings. The Morgan fingerprint density at radius 2 is 1.75 bits per heavy atom. The number of nitrogens with one attached hydrogen (secondary N) is 3. The molecule has 0 aromatic heterocycles. The molecule has 0 saturated carbocycles.